The van der Waals surface area contributed by atoms with Crippen molar-refractivity contribution in [2.75, 3.05) is 13.2 Å². The van der Waals surface area contributed by atoms with Crippen molar-refractivity contribution in [2.45, 2.75) is 82.5 Å². The van der Waals surface area contributed by atoms with Crippen LogP contribution in [0.2, 0.25) is 0 Å². The van der Waals surface area contributed by atoms with E-state index in [1.54, 1.807) is 22.2 Å². The Morgan fingerprint density at radius 2 is 1.81 bits per heavy atom. The monoisotopic (exact) mass is 350 g/mol. The van der Waals surface area contributed by atoms with E-state index in [1.165, 1.54) is 63.3 Å². The molecule has 2 aliphatic heterocycles. The van der Waals surface area contributed by atoms with Gasteiger partial charge in [0.15, 0.2) is 0 Å². The van der Waals surface area contributed by atoms with Crippen molar-refractivity contribution in [1.29, 1.82) is 0 Å². The first-order chi connectivity index (χ1) is 12.9. The van der Waals surface area contributed by atoms with Crippen molar-refractivity contribution in [1.82, 2.24) is 9.47 Å². The summed E-state index contributed by atoms with van der Waals surface area (Å²) in [6.45, 7) is 3.23. The number of rotatable bonds is 2. The molecule has 0 bridgehead atoms. The molecule has 0 spiro atoms. The Balaban J connectivity index is 1.45. The molecular weight excluding hydrogens is 320 g/mol. The highest BCUT2D eigenvalue weighted by molar-refractivity contribution is 5.87. The first-order valence-corrected chi connectivity index (χ1v) is 10.9. The second-order valence-electron chi connectivity index (χ2n) is 8.89. The molecule has 1 saturated carbocycles. The zero-order chi connectivity index (χ0) is 17.1. The molecule has 0 amide bonds. The number of benzene rings is 1. The van der Waals surface area contributed by atoms with Crippen LogP contribution in [0, 0.1) is 0 Å². The van der Waals surface area contributed by atoms with Gasteiger partial charge in [-0.05, 0) is 61.3 Å². The fraction of sp³-hybridized carbons (Fsp3) is 0.652. The van der Waals surface area contributed by atoms with Crippen LogP contribution < -0.4 is 0 Å². The van der Waals surface area contributed by atoms with Crippen LogP contribution in [0.4, 0.5) is 0 Å². The Bertz CT molecular complexity index is 828. The number of hydrogen-bond acceptors (Lipinski definition) is 2. The summed E-state index contributed by atoms with van der Waals surface area (Å²) in [5, 5.41) is 1.57. The van der Waals surface area contributed by atoms with Crippen LogP contribution >= 0.6 is 0 Å². The average molecular weight is 351 g/mol. The van der Waals surface area contributed by atoms with Gasteiger partial charge in [0.2, 0.25) is 0 Å². The smallest absolute Gasteiger partial charge is 0.113 e. The van der Waals surface area contributed by atoms with Crippen LogP contribution in [-0.4, -0.2) is 28.8 Å². The van der Waals surface area contributed by atoms with Crippen LogP contribution in [0.5, 0.6) is 0 Å². The summed E-state index contributed by atoms with van der Waals surface area (Å²) >= 11 is 0. The van der Waals surface area contributed by atoms with Gasteiger partial charge in [0.05, 0.1) is 12.6 Å². The molecule has 2 atom stereocenters. The Morgan fingerprint density at radius 1 is 0.923 bits per heavy atom. The van der Waals surface area contributed by atoms with Crippen molar-refractivity contribution in [2.24, 2.45) is 0 Å². The van der Waals surface area contributed by atoms with E-state index in [2.05, 4.69) is 27.7 Å². The molecule has 138 valence electrons. The van der Waals surface area contributed by atoms with Crippen molar-refractivity contribution < 1.29 is 4.74 Å². The molecular formula is C23H30N2O. The summed E-state index contributed by atoms with van der Waals surface area (Å²) in [5.74, 6) is 0.802. The largest absolute Gasteiger partial charge is 0.363 e. The lowest BCUT2D eigenvalue weighted by Crippen LogP contribution is -2.51. The fourth-order valence-electron chi connectivity index (χ4n) is 6.17. The number of ether oxygens (including phenoxy) is 1. The molecule has 3 heteroatoms. The van der Waals surface area contributed by atoms with Gasteiger partial charge in [-0.25, -0.2) is 0 Å². The highest BCUT2D eigenvalue weighted by atomic mass is 16.5. The maximum atomic E-state index is 5.87. The Kier molecular flexibility index (Phi) is 3.69. The average Bonchev–Trinajstić information content (AvgIpc) is 2.98. The molecule has 2 unspecified atom stereocenters. The lowest BCUT2D eigenvalue weighted by Gasteiger charge is -2.46. The molecule has 1 aromatic carbocycles. The van der Waals surface area contributed by atoms with E-state index >= 15 is 0 Å². The number of aryl methyl sites for hydroxylation is 1. The molecule has 6 rings (SSSR count). The second-order valence-corrected chi connectivity index (χ2v) is 8.89. The summed E-state index contributed by atoms with van der Waals surface area (Å²) in [5.41, 5.74) is 6.40. The molecule has 3 heterocycles. The molecule has 2 aliphatic carbocycles. The molecule has 0 radical (unpaired) electrons. The number of hydrogen-bond donors (Lipinski definition) is 0. The van der Waals surface area contributed by atoms with Crippen LogP contribution in [0.15, 0.2) is 18.2 Å². The van der Waals surface area contributed by atoms with Crippen LogP contribution in [0.25, 0.3) is 10.9 Å². The zero-order valence-electron chi connectivity index (χ0n) is 15.8. The van der Waals surface area contributed by atoms with Crippen LogP contribution in [-0.2, 0) is 17.7 Å². The summed E-state index contributed by atoms with van der Waals surface area (Å²) in [6, 6.07) is 8.06. The van der Waals surface area contributed by atoms with Gasteiger partial charge in [0.1, 0.15) is 6.23 Å². The molecule has 4 aliphatic rings. The topological polar surface area (TPSA) is 17.4 Å². The van der Waals surface area contributed by atoms with Gasteiger partial charge < -0.3 is 9.30 Å². The van der Waals surface area contributed by atoms with E-state index in [-0.39, 0.29) is 0 Å². The maximum Gasteiger partial charge on any atom is 0.113 e. The predicted molar refractivity (Wildman–Crippen MR) is 105 cm³/mol. The van der Waals surface area contributed by atoms with E-state index in [0.717, 1.165) is 25.6 Å². The first kappa shape index (κ1) is 15.7. The second kappa shape index (κ2) is 6.10. The SMILES string of the molecule is c1cc2c(cc1C1CCCCC1)c1c3n2CCN(C2CCO2)C3CCC1. The molecule has 0 N–H and O–H groups in total. The van der Waals surface area contributed by atoms with Gasteiger partial charge in [-0.15, -0.1) is 0 Å². The molecule has 1 aromatic heterocycles. The van der Waals surface area contributed by atoms with Crippen molar-refractivity contribution >= 4 is 10.9 Å². The molecule has 2 aromatic rings. The van der Waals surface area contributed by atoms with Crippen molar-refractivity contribution in [3.8, 4) is 0 Å². The first-order valence-electron chi connectivity index (χ1n) is 10.9. The molecule has 2 fully saturated rings. The predicted octanol–water partition coefficient (Wildman–Crippen LogP) is 5.13. The van der Waals surface area contributed by atoms with Crippen LogP contribution in [0.3, 0.4) is 0 Å². The number of nitrogens with zero attached hydrogens (tertiary/aromatic N) is 2. The van der Waals surface area contributed by atoms with Gasteiger partial charge in [-0.1, -0.05) is 25.3 Å². The standard InChI is InChI=1S/C23H30N2O/c1-2-5-16(6-3-1)17-9-10-20-19(15-17)18-7-4-8-21-23(18)25(20)13-12-24(21)22-11-14-26-22/h9-10,15-16,21-22H,1-8,11-14H2. The minimum atomic E-state index is 0.385. The number of fused-ring (bicyclic) bond motifs is 3. The minimum absolute atomic E-state index is 0.385. The normalized spacial score (nSPS) is 29.5. The van der Waals surface area contributed by atoms with Crippen molar-refractivity contribution in [3.63, 3.8) is 0 Å². The Labute approximate surface area is 156 Å². The summed E-state index contributed by atoms with van der Waals surface area (Å²) in [4.78, 5) is 2.67. The molecule has 3 nitrogen and oxygen atoms in total. The third-order valence-electron chi connectivity index (χ3n) is 7.56. The van der Waals surface area contributed by atoms with Gasteiger partial charge in [-0.3, -0.25) is 4.90 Å². The lowest BCUT2D eigenvalue weighted by molar-refractivity contribution is -0.166. The van der Waals surface area contributed by atoms with Gasteiger partial charge in [0, 0.05) is 36.1 Å². The number of aromatic nitrogens is 1. The van der Waals surface area contributed by atoms with Crippen LogP contribution in [0.1, 0.15) is 80.1 Å². The maximum absolute atomic E-state index is 5.87. The molecule has 1 saturated heterocycles. The zero-order valence-corrected chi connectivity index (χ0v) is 15.8. The van der Waals surface area contributed by atoms with E-state index in [1.807, 2.05) is 0 Å². The van der Waals surface area contributed by atoms with Gasteiger partial charge >= 0.3 is 0 Å². The highest BCUT2D eigenvalue weighted by Gasteiger charge is 2.40. The third-order valence-corrected chi connectivity index (χ3v) is 7.56. The fourth-order valence-corrected chi connectivity index (χ4v) is 6.17. The van der Waals surface area contributed by atoms with E-state index < -0.39 is 0 Å². The van der Waals surface area contributed by atoms with E-state index in [4.69, 9.17) is 4.74 Å². The minimum Gasteiger partial charge on any atom is -0.363 e. The summed E-state index contributed by atoms with van der Waals surface area (Å²) in [6.07, 6.45) is 12.6. The van der Waals surface area contributed by atoms with Gasteiger partial charge in [0.25, 0.3) is 0 Å². The molecule has 26 heavy (non-hydrogen) atoms. The quantitative estimate of drug-likeness (QED) is 0.747. The third kappa shape index (κ3) is 2.26. The van der Waals surface area contributed by atoms with Crippen molar-refractivity contribution in [3.05, 3.63) is 35.0 Å². The van der Waals surface area contributed by atoms with E-state index in [9.17, 15) is 0 Å². The lowest BCUT2D eigenvalue weighted by atomic mass is 9.83. The van der Waals surface area contributed by atoms with E-state index in [0.29, 0.717) is 12.3 Å². The highest BCUT2D eigenvalue weighted by Crippen LogP contribution is 2.45. The summed E-state index contributed by atoms with van der Waals surface area (Å²) < 4.78 is 8.53. The van der Waals surface area contributed by atoms with Gasteiger partial charge in [-0.2, -0.15) is 0 Å². The summed E-state index contributed by atoms with van der Waals surface area (Å²) in [7, 11) is 0. The Hall–Kier alpha value is -1.32. The Morgan fingerprint density at radius 3 is 2.62 bits per heavy atom.